The molecular formula is C11H15N3O. The van der Waals surface area contributed by atoms with Crippen LogP contribution in [0, 0.1) is 0 Å². The Morgan fingerprint density at radius 2 is 2.20 bits per heavy atom. The first-order chi connectivity index (χ1) is 7.40. The SMILES string of the molecule is NCCCCCc1nc2ncccc2o1. The zero-order valence-electron chi connectivity index (χ0n) is 8.65. The van der Waals surface area contributed by atoms with E-state index in [1.54, 1.807) is 6.20 Å². The number of oxazole rings is 1. The maximum atomic E-state index is 5.54. The lowest BCUT2D eigenvalue weighted by atomic mass is 10.2. The molecule has 80 valence electrons. The summed E-state index contributed by atoms with van der Waals surface area (Å²) in [5.74, 6) is 0.778. The van der Waals surface area contributed by atoms with E-state index >= 15 is 0 Å². The topological polar surface area (TPSA) is 64.9 Å². The second kappa shape index (κ2) is 4.89. The van der Waals surface area contributed by atoms with Gasteiger partial charge in [0.1, 0.15) is 0 Å². The summed E-state index contributed by atoms with van der Waals surface area (Å²) in [7, 11) is 0. The zero-order valence-corrected chi connectivity index (χ0v) is 8.65. The molecule has 0 aliphatic rings. The van der Waals surface area contributed by atoms with Gasteiger partial charge in [-0.1, -0.05) is 6.42 Å². The minimum absolute atomic E-state index is 0.700. The van der Waals surface area contributed by atoms with E-state index in [0.29, 0.717) is 5.65 Å². The molecule has 4 nitrogen and oxygen atoms in total. The Morgan fingerprint density at radius 3 is 3.00 bits per heavy atom. The van der Waals surface area contributed by atoms with Gasteiger partial charge in [-0.3, -0.25) is 0 Å². The first kappa shape index (κ1) is 10.1. The van der Waals surface area contributed by atoms with Crippen molar-refractivity contribution in [2.24, 2.45) is 5.73 Å². The number of aryl methyl sites for hydroxylation is 1. The van der Waals surface area contributed by atoms with Gasteiger partial charge in [-0.05, 0) is 31.5 Å². The Kier molecular flexibility index (Phi) is 3.29. The van der Waals surface area contributed by atoms with E-state index in [4.69, 9.17) is 10.2 Å². The third-order valence-electron chi connectivity index (χ3n) is 2.30. The van der Waals surface area contributed by atoms with Gasteiger partial charge in [0.05, 0.1) is 0 Å². The Balaban J connectivity index is 1.97. The van der Waals surface area contributed by atoms with Crippen LogP contribution < -0.4 is 5.73 Å². The van der Waals surface area contributed by atoms with E-state index in [-0.39, 0.29) is 0 Å². The van der Waals surface area contributed by atoms with Crippen molar-refractivity contribution < 1.29 is 4.42 Å². The van der Waals surface area contributed by atoms with Crippen LogP contribution in [-0.2, 0) is 6.42 Å². The van der Waals surface area contributed by atoms with Crippen molar-refractivity contribution in [2.75, 3.05) is 6.54 Å². The molecule has 0 bridgehead atoms. The van der Waals surface area contributed by atoms with Gasteiger partial charge in [-0.25, -0.2) is 4.98 Å². The van der Waals surface area contributed by atoms with Gasteiger partial charge < -0.3 is 10.2 Å². The smallest absolute Gasteiger partial charge is 0.198 e. The predicted molar refractivity (Wildman–Crippen MR) is 58.4 cm³/mol. The van der Waals surface area contributed by atoms with E-state index in [9.17, 15) is 0 Å². The molecule has 0 radical (unpaired) electrons. The van der Waals surface area contributed by atoms with Crippen LogP contribution in [0.1, 0.15) is 25.2 Å². The fourth-order valence-corrected chi connectivity index (χ4v) is 1.52. The second-order valence-electron chi connectivity index (χ2n) is 3.53. The summed E-state index contributed by atoms with van der Waals surface area (Å²) in [5, 5.41) is 0. The highest BCUT2D eigenvalue weighted by molar-refractivity contribution is 5.66. The Morgan fingerprint density at radius 1 is 1.27 bits per heavy atom. The summed E-state index contributed by atoms with van der Waals surface area (Å²) in [6, 6.07) is 3.74. The van der Waals surface area contributed by atoms with Crippen molar-refractivity contribution in [1.82, 2.24) is 9.97 Å². The molecule has 0 aromatic carbocycles. The van der Waals surface area contributed by atoms with Crippen LogP contribution >= 0.6 is 0 Å². The molecule has 2 heterocycles. The van der Waals surface area contributed by atoms with E-state index < -0.39 is 0 Å². The predicted octanol–water partition coefficient (Wildman–Crippen LogP) is 1.89. The number of aromatic nitrogens is 2. The van der Waals surface area contributed by atoms with Crippen molar-refractivity contribution >= 4 is 11.2 Å². The summed E-state index contributed by atoms with van der Waals surface area (Å²) in [4.78, 5) is 8.42. The molecule has 2 N–H and O–H groups in total. The van der Waals surface area contributed by atoms with Crippen LogP contribution in [-0.4, -0.2) is 16.5 Å². The molecule has 2 rings (SSSR count). The average Bonchev–Trinajstić information content (AvgIpc) is 2.67. The van der Waals surface area contributed by atoms with Gasteiger partial charge in [-0.15, -0.1) is 0 Å². The number of unbranched alkanes of at least 4 members (excludes halogenated alkanes) is 2. The Bertz CT molecular complexity index is 391. The van der Waals surface area contributed by atoms with Crippen molar-refractivity contribution in [1.29, 1.82) is 0 Å². The van der Waals surface area contributed by atoms with Gasteiger partial charge in [0.15, 0.2) is 17.1 Å². The van der Waals surface area contributed by atoms with Crippen molar-refractivity contribution in [3.8, 4) is 0 Å². The molecule has 4 heteroatoms. The third-order valence-corrected chi connectivity index (χ3v) is 2.30. The number of nitrogens with two attached hydrogens (primary N) is 1. The van der Waals surface area contributed by atoms with Gasteiger partial charge in [0.25, 0.3) is 0 Å². The van der Waals surface area contributed by atoms with Gasteiger partial charge in [0.2, 0.25) is 0 Å². The summed E-state index contributed by atoms with van der Waals surface area (Å²) in [6.07, 6.45) is 5.87. The number of hydrogen-bond acceptors (Lipinski definition) is 4. The summed E-state index contributed by atoms with van der Waals surface area (Å²) in [5.41, 5.74) is 6.89. The largest absolute Gasteiger partial charge is 0.439 e. The zero-order chi connectivity index (χ0) is 10.5. The van der Waals surface area contributed by atoms with Crippen LogP contribution in [0.5, 0.6) is 0 Å². The molecule has 0 amide bonds. The van der Waals surface area contributed by atoms with E-state index in [2.05, 4.69) is 9.97 Å². The molecule has 0 fully saturated rings. The third kappa shape index (κ3) is 2.53. The first-order valence-corrected chi connectivity index (χ1v) is 5.30. The lowest BCUT2D eigenvalue weighted by Crippen LogP contribution is -1.98. The van der Waals surface area contributed by atoms with E-state index in [1.165, 1.54) is 0 Å². The highest BCUT2D eigenvalue weighted by atomic mass is 16.3. The quantitative estimate of drug-likeness (QED) is 0.757. The second-order valence-corrected chi connectivity index (χ2v) is 3.53. The molecule has 0 aliphatic carbocycles. The number of nitrogens with zero attached hydrogens (tertiary/aromatic N) is 2. The lowest BCUT2D eigenvalue weighted by Gasteiger charge is -1.94. The fourth-order valence-electron chi connectivity index (χ4n) is 1.52. The molecular weight excluding hydrogens is 190 g/mol. The number of pyridine rings is 1. The number of fused-ring (bicyclic) bond motifs is 1. The van der Waals surface area contributed by atoms with Gasteiger partial charge in [-0.2, -0.15) is 4.98 Å². The minimum atomic E-state index is 0.700. The van der Waals surface area contributed by atoms with E-state index in [0.717, 1.165) is 43.7 Å². The molecule has 2 aromatic heterocycles. The first-order valence-electron chi connectivity index (χ1n) is 5.30. The highest BCUT2D eigenvalue weighted by Gasteiger charge is 2.04. The van der Waals surface area contributed by atoms with Crippen molar-refractivity contribution in [3.05, 3.63) is 24.2 Å². The standard InChI is InChI=1S/C11H15N3O/c12-7-3-1-2-6-10-14-11-9(15-10)5-4-8-13-11/h4-5,8H,1-3,6-7,12H2. The number of hydrogen-bond donors (Lipinski definition) is 1. The molecule has 0 unspecified atom stereocenters. The molecule has 15 heavy (non-hydrogen) atoms. The number of rotatable bonds is 5. The maximum absolute atomic E-state index is 5.54. The lowest BCUT2D eigenvalue weighted by molar-refractivity contribution is 0.511. The molecule has 0 atom stereocenters. The van der Waals surface area contributed by atoms with E-state index in [1.807, 2.05) is 12.1 Å². The van der Waals surface area contributed by atoms with Crippen molar-refractivity contribution in [2.45, 2.75) is 25.7 Å². The maximum Gasteiger partial charge on any atom is 0.198 e. The van der Waals surface area contributed by atoms with Crippen LogP contribution in [0.15, 0.2) is 22.7 Å². The normalized spacial score (nSPS) is 11.0. The van der Waals surface area contributed by atoms with Crippen LogP contribution in [0.3, 0.4) is 0 Å². The van der Waals surface area contributed by atoms with Gasteiger partial charge in [0, 0.05) is 12.6 Å². The molecule has 0 aliphatic heterocycles. The Hall–Kier alpha value is -1.42. The molecule has 0 saturated carbocycles. The average molecular weight is 205 g/mol. The Labute approximate surface area is 88.5 Å². The minimum Gasteiger partial charge on any atom is -0.439 e. The van der Waals surface area contributed by atoms with Crippen LogP contribution in [0.4, 0.5) is 0 Å². The highest BCUT2D eigenvalue weighted by Crippen LogP contribution is 2.14. The van der Waals surface area contributed by atoms with Crippen LogP contribution in [0.2, 0.25) is 0 Å². The van der Waals surface area contributed by atoms with Gasteiger partial charge >= 0.3 is 0 Å². The molecule has 0 spiro atoms. The monoisotopic (exact) mass is 205 g/mol. The fraction of sp³-hybridized carbons (Fsp3) is 0.455. The summed E-state index contributed by atoms with van der Waals surface area (Å²) >= 11 is 0. The van der Waals surface area contributed by atoms with Crippen LogP contribution in [0.25, 0.3) is 11.2 Å². The molecule has 2 aromatic rings. The van der Waals surface area contributed by atoms with Crippen molar-refractivity contribution in [3.63, 3.8) is 0 Å². The summed E-state index contributed by atoms with van der Waals surface area (Å²) < 4.78 is 5.54. The molecule has 0 saturated heterocycles. The summed E-state index contributed by atoms with van der Waals surface area (Å²) in [6.45, 7) is 0.759.